The lowest BCUT2D eigenvalue weighted by Crippen LogP contribution is -2.47. The van der Waals surface area contributed by atoms with Gasteiger partial charge in [-0.1, -0.05) is 12.8 Å². The molecule has 2 fully saturated rings. The van der Waals surface area contributed by atoms with Crippen molar-refractivity contribution in [2.45, 2.75) is 37.6 Å². The molecule has 2 aliphatic rings. The monoisotopic (exact) mass is 242 g/mol. The third kappa shape index (κ3) is 3.91. The molecule has 2 N–H and O–H groups in total. The predicted molar refractivity (Wildman–Crippen MR) is 68.2 cm³/mol. The summed E-state index contributed by atoms with van der Waals surface area (Å²) < 4.78 is 5.33. The zero-order valence-corrected chi connectivity index (χ0v) is 10.8. The lowest BCUT2D eigenvalue weighted by molar-refractivity contribution is 0.0370. The number of aliphatic hydroxyl groups excluding tert-OH is 1. The van der Waals surface area contributed by atoms with Crippen LogP contribution in [0.25, 0.3) is 0 Å². The molecule has 0 amide bonds. The molecule has 0 unspecified atom stereocenters. The fourth-order valence-corrected chi connectivity index (χ4v) is 2.92. The van der Waals surface area contributed by atoms with E-state index in [9.17, 15) is 5.11 Å². The van der Waals surface area contributed by atoms with Crippen molar-refractivity contribution >= 4 is 0 Å². The largest absolute Gasteiger partial charge is 0.394 e. The van der Waals surface area contributed by atoms with Crippen molar-refractivity contribution in [3.63, 3.8) is 0 Å². The minimum Gasteiger partial charge on any atom is -0.394 e. The summed E-state index contributed by atoms with van der Waals surface area (Å²) in [5.74, 6) is 0. The molecule has 4 nitrogen and oxygen atoms in total. The average molecular weight is 242 g/mol. The van der Waals surface area contributed by atoms with Crippen LogP contribution in [0.1, 0.15) is 32.1 Å². The highest BCUT2D eigenvalue weighted by atomic mass is 16.5. The SMILES string of the molecule is OCC1(NCCCN2CCOCC2)CCCC1. The molecule has 1 aliphatic carbocycles. The van der Waals surface area contributed by atoms with Gasteiger partial charge in [0.15, 0.2) is 0 Å². The summed E-state index contributed by atoms with van der Waals surface area (Å²) in [5, 5.41) is 13.1. The van der Waals surface area contributed by atoms with Gasteiger partial charge in [-0.2, -0.15) is 0 Å². The van der Waals surface area contributed by atoms with Gasteiger partial charge in [0, 0.05) is 18.6 Å². The minimum atomic E-state index is 0.0466. The number of morpholine rings is 1. The second-order valence-corrected chi connectivity index (χ2v) is 5.38. The zero-order valence-electron chi connectivity index (χ0n) is 10.8. The van der Waals surface area contributed by atoms with Crippen molar-refractivity contribution in [2.75, 3.05) is 46.0 Å². The molecule has 17 heavy (non-hydrogen) atoms. The molecule has 0 radical (unpaired) electrons. The molecular weight excluding hydrogens is 216 g/mol. The summed E-state index contributed by atoms with van der Waals surface area (Å²) in [6, 6.07) is 0. The van der Waals surface area contributed by atoms with Crippen molar-refractivity contribution in [3.8, 4) is 0 Å². The van der Waals surface area contributed by atoms with E-state index in [1.54, 1.807) is 0 Å². The van der Waals surface area contributed by atoms with E-state index in [0.717, 1.165) is 52.2 Å². The fraction of sp³-hybridized carbons (Fsp3) is 1.00. The van der Waals surface area contributed by atoms with E-state index in [0.29, 0.717) is 6.61 Å². The number of nitrogens with one attached hydrogen (secondary N) is 1. The van der Waals surface area contributed by atoms with E-state index in [1.165, 1.54) is 19.3 Å². The standard InChI is InChI=1S/C13H26N2O2/c16-12-13(4-1-2-5-13)14-6-3-7-15-8-10-17-11-9-15/h14,16H,1-12H2. The van der Waals surface area contributed by atoms with Gasteiger partial charge in [0.1, 0.15) is 0 Å². The Morgan fingerprint density at radius 3 is 2.53 bits per heavy atom. The highest BCUT2D eigenvalue weighted by Crippen LogP contribution is 2.28. The molecule has 0 aromatic rings. The highest BCUT2D eigenvalue weighted by Gasteiger charge is 2.32. The van der Waals surface area contributed by atoms with E-state index in [2.05, 4.69) is 10.2 Å². The Kier molecular flexibility index (Phi) is 5.22. The molecule has 1 aliphatic heterocycles. The fourth-order valence-electron chi connectivity index (χ4n) is 2.92. The number of aliphatic hydroxyl groups is 1. The summed E-state index contributed by atoms with van der Waals surface area (Å²) in [7, 11) is 0. The number of rotatable bonds is 6. The van der Waals surface area contributed by atoms with Gasteiger partial charge in [0.25, 0.3) is 0 Å². The van der Waals surface area contributed by atoms with Crippen LogP contribution in [0.5, 0.6) is 0 Å². The first-order valence-corrected chi connectivity index (χ1v) is 7.01. The van der Waals surface area contributed by atoms with Crippen LogP contribution in [0.2, 0.25) is 0 Å². The van der Waals surface area contributed by atoms with E-state index < -0.39 is 0 Å². The molecule has 2 rings (SSSR count). The van der Waals surface area contributed by atoms with Crippen LogP contribution in [0, 0.1) is 0 Å². The number of nitrogens with zero attached hydrogens (tertiary/aromatic N) is 1. The Balaban J connectivity index is 1.58. The molecule has 4 heteroatoms. The van der Waals surface area contributed by atoms with E-state index in [-0.39, 0.29) is 5.54 Å². The maximum absolute atomic E-state index is 9.48. The van der Waals surface area contributed by atoms with Crippen LogP contribution >= 0.6 is 0 Å². The summed E-state index contributed by atoms with van der Waals surface area (Å²) in [5.41, 5.74) is 0.0466. The Morgan fingerprint density at radius 2 is 1.88 bits per heavy atom. The zero-order chi connectivity index (χ0) is 12.0. The minimum absolute atomic E-state index is 0.0466. The van der Waals surface area contributed by atoms with Gasteiger partial charge < -0.3 is 15.2 Å². The maximum atomic E-state index is 9.48. The molecule has 1 saturated carbocycles. The first-order valence-electron chi connectivity index (χ1n) is 7.01. The molecule has 0 atom stereocenters. The quantitative estimate of drug-likeness (QED) is 0.670. The van der Waals surface area contributed by atoms with Crippen molar-refractivity contribution in [1.82, 2.24) is 10.2 Å². The van der Waals surface area contributed by atoms with Gasteiger partial charge in [-0.05, 0) is 32.4 Å². The third-order valence-corrected chi connectivity index (χ3v) is 4.12. The Bertz CT molecular complexity index is 211. The molecule has 0 aromatic heterocycles. The van der Waals surface area contributed by atoms with Crippen molar-refractivity contribution in [1.29, 1.82) is 0 Å². The van der Waals surface area contributed by atoms with Gasteiger partial charge in [-0.3, -0.25) is 4.90 Å². The summed E-state index contributed by atoms with van der Waals surface area (Å²) >= 11 is 0. The Morgan fingerprint density at radius 1 is 1.18 bits per heavy atom. The van der Waals surface area contributed by atoms with E-state index >= 15 is 0 Å². The van der Waals surface area contributed by atoms with Crippen LogP contribution in [0.4, 0.5) is 0 Å². The topological polar surface area (TPSA) is 44.7 Å². The molecule has 0 spiro atoms. The summed E-state index contributed by atoms with van der Waals surface area (Å²) in [6.07, 6.45) is 5.97. The van der Waals surface area contributed by atoms with Crippen LogP contribution in [0.15, 0.2) is 0 Å². The van der Waals surface area contributed by atoms with Crippen molar-refractivity contribution < 1.29 is 9.84 Å². The van der Waals surface area contributed by atoms with Gasteiger partial charge >= 0.3 is 0 Å². The lowest BCUT2D eigenvalue weighted by Gasteiger charge is -2.30. The van der Waals surface area contributed by atoms with Crippen LogP contribution in [-0.2, 0) is 4.74 Å². The molecule has 1 heterocycles. The average Bonchev–Trinajstić information content (AvgIpc) is 2.85. The molecule has 0 bridgehead atoms. The first-order chi connectivity index (χ1) is 8.35. The molecule has 0 aromatic carbocycles. The van der Waals surface area contributed by atoms with Gasteiger partial charge in [-0.25, -0.2) is 0 Å². The molecular formula is C13H26N2O2. The van der Waals surface area contributed by atoms with E-state index in [4.69, 9.17) is 4.74 Å². The Hall–Kier alpha value is -0.160. The normalized spacial score (nSPS) is 25.2. The predicted octanol–water partition coefficient (Wildman–Crippen LogP) is 0.603. The van der Waals surface area contributed by atoms with Crippen LogP contribution in [0.3, 0.4) is 0 Å². The van der Waals surface area contributed by atoms with Gasteiger partial charge in [0.05, 0.1) is 19.8 Å². The van der Waals surface area contributed by atoms with Crippen molar-refractivity contribution in [2.24, 2.45) is 0 Å². The molecule has 100 valence electrons. The highest BCUT2D eigenvalue weighted by molar-refractivity contribution is 4.91. The number of hydrogen-bond acceptors (Lipinski definition) is 4. The number of hydrogen-bond donors (Lipinski definition) is 2. The van der Waals surface area contributed by atoms with Crippen LogP contribution in [-0.4, -0.2) is 61.5 Å². The lowest BCUT2D eigenvalue weighted by atomic mass is 9.99. The van der Waals surface area contributed by atoms with E-state index in [1.807, 2.05) is 0 Å². The molecule has 1 saturated heterocycles. The van der Waals surface area contributed by atoms with Crippen LogP contribution < -0.4 is 5.32 Å². The smallest absolute Gasteiger partial charge is 0.0613 e. The van der Waals surface area contributed by atoms with Gasteiger partial charge in [-0.15, -0.1) is 0 Å². The summed E-state index contributed by atoms with van der Waals surface area (Å²) in [4.78, 5) is 2.46. The van der Waals surface area contributed by atoms with Crippen molar-refractivity contribution in [3.05, 3.63) is 0 Å². The Labute approximate surface area is 104 Å². The first kappa shape index (κ1) is 13.3. The summed E-state index contributed by atoms with van der Waals surface area (Å²) in [6.45, 7) is 6.39. The third-order valence-electron chi connectivity index (χ3n) is 4.12. The number of ether oxygens (including phenoxy) is 1. The second kappa shape index (κ2) is 6.69. The maximum Gasteiger partial charge on any atom is 0.0613 e. The second-order valence-electron chi connectivity index (χ2n) is 5.38. The van der Waals surface area contributed by atoms with Gasteiger partial charge in [0.2, 0.25) is 0 Å².